The second-order valence-electron chi connectivity index (χ2n) is 7.46. The predicted molar refractivity (Wildman–Crippen MR) is 122 cm³/mol. The van der Waals surface area contributed by atoms with Crippen molar-refractivity contribution in [3.8, 4) is 0 Å². The van der Waals surface area contributed by atoms with Gasteiger partial charge in [0.1, 0.15) is 10.8 Å². The molecule has 156 valence electrons. The molecule has 0 radical (unpaired) electrons. The van der Waals surface area contributed by atoms with Crippen LogP contribution < -0.4 is 10.6 Å². The highest BCUT2D eigenvalue weighted by Gasteiger charge is 2.29. The Morgan fingerprint density at radius 3 is 2.77 bits per heavy atom. The third kappa shape index (κ3) is 4.09. The van der Waals surface area contributed by atoms with E-state index in [1.165, 1.54) is 23.1 Å². The SMILES string of the molecule is O=C(Nc1sc2c(c1[C@H](Nc1ccccn1)c1cccnc1)CCCC2)c1ccco1. The normalized spacial score (nSPS) is 13.9. The van der Waals surface area contributed by atoms with Gasteiger partial charge >= 0.3 is 0 Å². The minimum Gasteiger partial charge on any atom is -0.459 e. The summed E-state index contributed by atoms with van der Waals surface area (Å²) in [5.41, 5.74) is 3.44. The zero-order chi connectivity index (χ0) is 21.0. The third-order valence-corrected chi connectivity index (χ3v) is 6.67. The molecule has 0 aromatic carbocycles. The standard InChI is InChI=1S/C24H22N4O2S/c29-23(18-9-6-14-30-18)28-24-21(17-8-1-2-10-19(17)31-24)22(16-7-5-12-25-15-16)27-20-11-3-4-13-26-20/h3-7,9,11-15,22H,1-2,8,10H2,(H,26,27)(H,28,29)/t22-/m1/s1. The summed E-state index contributed by atoms with van der Waals surface area (Å²) in [4.78, 5) is 23.0. The lowest BCUT2D eigenvalue weighted by atomic mass is 9.90. The van der Waals surface area contributed by atoms with Crippen LogP contribution in [0.3, 0.4) is 0 Å². The molecular formula is C24H22N4O2S. The number of nitrogens with one attached hydrogen (secondary N) is 2. The van der Waals surface area contributed by atoms with Crippen LogP contribution in [0.25, 0.3) is 0 Å². The number of hydrogen-bond acceptors (Lipinski definition) is 6. The summed E-state index contributed by atoms with van der Waals surface area (Å²) in [5.74, 6) is 0.830. The van der Waals surface area contributed by atoms with E-state index in [1.54, 1.807) is 35.9 Å². The summed E-state index contributed by atoms with van der Waals surface area (Å²) in [6.45, 7) is 0. The van der Waals surface area contributed by atoms with E-state index in [0.29, 0.717) is 5.76 Å². The number of rotatable bonds is 6. The molecule has 0 saturated carbocycles. The Morgan fingerprint density at radius 2 is 2.00 bits per heavy atom. The molecule has 1 aliphatic carbocycles. The molecule has 2 N–H and O–H groups in total. The summed E-state index contributed by atoms with van der Waals surface area (Å²) in [7, 11) is 0. The van der Waals surface area contributed by atoms with Gasteiger partial charge in [-0.2, -0.15) is 0 Å². The van der Waals surface area contributed by atoms with E-state index in [1.807, 2.05) is 30.5 Å². The van der Waals surface area contributed by atoms with Gasteiger partial charge in [0.25, 0.3) is 5.91 Å². The average molecular weight is 431 g/mol. The van der Waals surface area contributed by atoms with Crippen LogP contribution in [0, 0.1) is 0 Å². The summed E-state index contributed by atoms with van der Waals surface area (Å²) < 4.78 is 5.31. The minimum absolute atomic E-state index is 0.186. The number of furan rings is 1. The van der Waals surface area contributed by atoms with Gasteiger partial charge in [0.2, 0.25) is 0 Å². The highest BCUT2D eigenvalue weighted by Crippen LogP contribution is 2.44. The molecule has 0 unspecified atom stereocenters. The first-order valence-electron chi connectivity index (χ1n) is 10.4. The van der Waals surface area contributed by atoms with Crippen molar-refractivity contribution in [2.75, 3.05) is 10.6 Å². The Kier molecular flexibility index (Phi) is 5.50. The van der Waals surface area contributed by atoms with Crippen molar-refractivity contribution in [3.05, 3.63) is 94.6 Å². The monoisotopic (exact) mass is 430 g/mol. The lowest BCUT2D eigenvalue weighted by molar-refractivity contribution is 0.0997. The number of fused-ring (bicyclic) bond motifs is 1. The second-order valence-corrected chi connectivity index (χ2v) is 8.57. The topological polar surface area (TPSA) is 80.0 Å². The molecule has 6 nitrogen and oxygen atoms in total. The summed E-state index contributed by atoms with van der Waals surface area (Å²) >= 11 is 1.67. The van der Waals surface area contributed by atoms with Gasteiger partial charge < -0.3 is 15.1 Å². The van der Waals surface area contributed by atoms with Gasteiger partial charge in [-0.15, -0.1) is 11.3 Å². The predicted octanol–water partition coefficient (Wildman–Crippen LogP) is 5.46. The quantitative estimate of drug-likeness (QED) is 0.424. The van der Waals surface area contributed by atoms with Crippen LogP contribution in [-0.4, -0.2) is 15.9 Å². The van der Waals surface area contributed by atoms with Crippen molar-refractivity contribution in [3.63, 3.8) is 0 Å². The van der Waals surface area contributed by atoms with Crippen molar-refractivity contribution >= 4 is 28.1 Å². The molecule has 0 aliphatic heterocycles. The van der Waals surface area contributed by atoms with Gasteiger partial charge in [-0.1, -0.05) is 12.1 Å². The van der Waals surface area contributed by atoms with Crippen LogP contribution >= 0.6 is 11.3 Å². The van der Waals surface area contributed by atoms with Crippen molar-refractivity contribution in [2.24, 2.45) is 0 Å². The Labute approximate surface area is 184 Å². The van der Waals surface area contributed by atoms with Gasteiger partial charge in [0, 0.05) is 29.0 Å². The van der Waals surface area contributed by atoms with Crippen LogP contribution in [0.2, 0.25) is 0 Å². The number of anilines is 2. The van der Waals surface area contributed by atoms with Crippen molar-refractivity contribution in [1.29, 1.82) is 0 Å². The second kappa shape index (κ2) is 8.73. The molecule has 1 aliphatic rings. The number of aryl methyl sites for hydroxylation is 1. The highest BCUT2D eigenvalue weighted by molar-refractivity contribution is 7.16. The minimum atomic E-state index is -0.243. The number of thiophene rings is 1. The van der Waals surface area contributed by atoms with Crippen LogP contribution in [0.4, 0.5) is 10.8 Å². The summed E-state index contributed by atoms with van der Waals surface area (Å²) in [5, 5.41) is 7.54. The van der Waals surface area contributed by atoms with Gasteiger partial charge in [-0.05, 0) is 67.1 Å². The Balaban J connectivity index is 1.60. The summed E-state index contributed by atoms with van der Waals surface area (Å²) in [6, 6.07) is 13.0. The number of amides is 1. The zero-order valence-electron chi connectivity index (χ0n) is 16.9. The molecule has 1 atom stereocenters. The smallest absolute Gasteiger partial charge is 0.291 e. The van der Waals surface area contributed by atoms with Crippen molar-refractivity contribution in [2.45, 2.75) is 31.7 Å². The van der Waals surface area contributed by atoms with Crippen LogP contribution in [-0.2, 0) is 12.8 Å². The third-order valence-electron chi connectivity index (χ3n) is 5.45. The van der Waals surface area contributed by atoms with E-state index in [9.17, 15) is 4.79 Å². The molecule has 4 aromatic heterocycles. The first kappa shape index (κ1) is 19.5. The fourth-order valence-corrected chi connectivity index (χ4v) is 5.35. The van der Waals surface area contributed by atoms with E-state index in [-0.39, 0.29) is 11.9 Å². The van der Waals surface area contributed by atoms with Gasteiger partial charge in [-0.3, -0.25) is 9.78 Å². The number of hydrogen-bond donors (Lipinski definition) is 2. The molecule has 1 amide bonds. The molecule has 31 heavy (non-hydrogen) atoms. The summed E-state index contributed by atoms with van der Waals surface area (Å²) in [6.07, 6.45) is 11.3. The lowest BCUT2D eigenvalue weighted by Gasteiger charge is -2.23. The maximum absolute atomic E-state index is 12.8. The van der Waals surface area contributed by atoms with Crippen LogP contribution in [0.5, 0.6) is 0 Å². The number of nitrogens with zero attached hydrogens (tertiary/aromatic N) is 2. The van der Waals surface area contributed by atoms with Crippen LogP contribution in [0.1, 0.15) is 51.0 Å². The van der Waals surface area contributed by atoms with Gasteiger partial charge in [-0.25, -0.2) is 4.98 Å². The molecule has 4 aromatic rings. The number of aromatic nitrogens is 2. The molecule has 0 bridgehead atoms. The van der Waals surface area contributed by atoms with Crippen LogP contribution in [0.15, 0.2) is 71.7 Å². The lowest BCUT2D eigenvalue weighted by Crippen LogP contribution is -2.18. The van der Waals surface area contributed by atoms with Crippen molar-refractivity contribution < 1.29 is 9.21 Å². The number of pyridine rings is 2. The van der Waals surface area contributed by atoms with Gasteiger partial charge in [0.05, 0.1) is 12.3 Å². The zero-order valence-corrected chi connectivity index (χ0v) is 17.7. The average Bonchev–Trinajstić information content (AvgIpc) is 3.47. The van der Waals surface area contributed by atoms with E-state index in [0.717, 1.165) is 41.2 Å². The molecule has 0 fully saturated rings. The molecule has 0 saturated heterocycles. The van der Waals surface area contributed by atoms with Crippen molar-refractivity contribution in [1.82, 2.24) is 9.97 Å². The Hall–Kier alpha value is -3.45. The molecule has 4 heterocycles. The molecule has 5 rings (SSSR count). The maximum atomic E-state index is 12.8. The fraction of sp³-hybridized carbons (Fsp3) is 0.208. The molecular weight excluding hydrogens is 408 g/mol. The Morgan fingerprint density at radius 1 is 1.06 bits per heavy atom. The number of carbonyl (C=O) groups is 1. The van der Waals surface area contributed by atoms with E-state index >= 15 is 0 Å². The Bertz CT molecular complexity index is 1160. The first-order chi connectivity index (χ1) is 15.3. The number of carbonyl (C=O) groups excluding carboxylic acids is 1. The largest absolute Gasteiger partial charge is 0.459 e. The van der Waals surface area contributed by atoms with E-state index in [4.69, 9.17) is 4.42 Å². The first-order valence-corrected chi connectivity index (χ1v) is 11.2. The highest BCUT2D eigenvalue weighted by atomic mass is 32.1. The van der Waals surface area contributed by atoms with E-state index in [2.05, 4.69) is 26.7 Å². The molecule has 7 heteroatoms. The fourth-order valence-electron chi connectivity index (χ4n) is 4.03. The maximum Gasteiger partial charge on any atom is 0.291 e. The molecule has 0 spiro atoms. The van der Waals surface area contributed by atoms with Gasteiger partial charge in [0.15, 0.2) is 5.76 Å². The van der Waals surface area contributed by atoms with E-state index < -0.39 is 0 Å².